The topological polar surface area (TPSA) is 63.4 Å². The van der Waals surface area contributed by atoms with Crippen molar-refractivity contribution < 1.29 is 8.42 Å². The molecule has 6 heteroatoms. The summed E-state index contributed by atoms with van der Waals surface area (Å²) in [5.74, 6) is 0. The number of nitrogens with zero attached hydrogens (tertiary/aromatic N) is 1. The third-order valence-electron chi connectivity index (χ3n) is 3.10. The van der Waals surface area contributed by atoms with Crippen molar-refractivity contribution in [3.8, 4) is 0 Å². The molecule has 0 amide bonds. The number of benzene rings is 1. The Balaban J connectivity index is 3.09. The predicted molar refractivity (Wildman–Crippen MR) is 84.4 cm³/mol. The van der Waals surface area contributed by atoms with E-state index in [4.69, 9.17) is 17.3 Å². The van der Waals surface area contributed by atoms with E-state index >= 15 is 0 Å². The summed E-state index contributed by atoms with van der Waals surface area (Å²) in [4.78, 5) is 0.124. The summed E-state index contributed by atoms with van der Waals surface area (Å²) in [6.45, 7) is 6.34. The SMILES string of the molecule is CCCCCN(C(C)C)S(=O)(=O)c1ccc(N)cc1Cl. The van der Waals surface area contributed by atoms with Crippen LogP contribution >= 0.6 is 11.6 Å². The minimum absolute atomic E-state index is 0.106. The van der Waals surface area contributed by atoms with Gasteiger partial charge in [0.25, 0.3) is 0 Å². The molecular formula is C14H23ClN2O2S. The number of hydrogen-bond acceptors (Lipinski definition) is 3. The highest BCUT2D eigenvalue weighted by molar-refractivity contribution is 7.89. The Hall–Kier alpha value is -0.780. The van der Waals surface area contributed by atoms with Crippen LogP contribution in [0.4, 0.5) is 5.69 Å². The Labute approximate surface area is 127 Å². The van der Waals surface area contributed by atoms with Crippen LogP contribution in [0.2, 0.25) is 5.02 Å². The first kappa shape index (κ1) is 17.3. The van der Waals surface area contributed by atoms with Crippen molar-refractivity contribution in [1.82, 2.24) is 4.31 Å². The van der Waals surface area contributed by atoms with E-state index in [0.29, 0.717) is 12.2 Å². The van der Waals surface area contributed by atoms with E-state index in [1.54, 1.807) is 6.07 Å². The molecule has 1 rings (SSSR count). The Kier molecular flexibility index (Phi) is 6.30. The molecule has 2 N–H and O–H groups in total. The standard InChI is InChI=1S/C14H23ClN2O2S/c1-4-5-6-9-17(11(2)3)20(18,19)14-8-7-12(16)10-13(14)15/h7-8,10-11H,4-6,9,16H2,1-3H3. The number of halogens is 1. The van der Waals surface area contributed by atoms with E-state index in [1.807, 2.05) is 13.8 Å². The van der Waals surface area contributed by atoms with E-state index in [1.165, 1.54) is 16.4 Å². The highest BCUT2D eigenvalue weighted by atomic mass is 35.5. The van der Waals surface area contributed by atoms with Crippen LogP contribution in [0, 0.1) is 0 Å². The maximum atomic E-state index is 12.7. The monoisotopic (exact) mass is 318 g/mol. The number of unbranched alkanes of at least 4 members (excludes halogenated alkanes) is 2. The fraction of sp³-hybridized carbons (Fsp3) is 0.571. The van der Waals surface area contributed by atoms with Gasteiger partial charge in [-0.15, -0.1) is 0 Å². The zero-order chi connectivity index (χ0) is 15.3. The van der Waals surface area contributed by atoms with Crippen molar-refractivity contribution in [2.45, 2.75) is 51.0 Å². The highest BCUT2D eigenvalue weighted by Crippen LogP contribution is 2.28. The molecule has 0 fully saturated rings. The van der Waals surface area contributed by atoms with Crippen molar-refractivity contribution in [2.75, 3.05) is 12.3 Å². The van der Waals surface area contributed by atoms with Gasteiger partial charge in [-0.05, 0) is 38.5 Å². The zero-order valence-corrected chi connectivity index (χ0v) is 13.8. The highest BCUT2D eigenvalue weighted by Gasteiger charge is 2.28. The van der Waals surface area contributed by atoms with Gasteiger partial charge in [-0.2, -0.15) is 4.31 Å². The quantitative estimate of drug-likeness (QED) is 0.618. The molecule has 1 aromatic rings. The molecule has 20 heavy (non-hydrogen) atoms. The molecule has 0 aliphatic carbocycles. The van der Waals surface area contributed by atoms with Crippen LogP contribution in [0.3, 0.4) is 0 Å². The average Bonchev–Trinajstić information content (AvgIpc) is 2.33. The number of anilines is 1. The molecule has 4 nitrogen and oxygen atoms in total. The number of nitrogens with two attached hydrogens (primary N) is 1. The summed E-state index contributed by atoms with van der Waals surface area (Å²) in [5, 5.41) is 0.172. The number of nitrogen functional groups attached to an aromatic ring is 1. The van der Waals surface area contributed by atoms with E-state index in [0.717, 1.165) is 19.3 Å². The van der Waals surface area contributed by atoms with Crippen LogP contribution in [0.5, 0.6) is 0 Å². The summed E-state index contributed by atoms with van der Waals surface area (Å²) in [5.41, 5.74) is 6.07. The van der Waals surface area contributed by atoms with Gasteiger partial charge in [0.1, 0.15) is 4.90 Å². The minimum atomic E-state index is -3.58. The third kappa shape index (κ3) is 4.11. The van der Waals surface area contributed by atoms with Crippen LogP contribution in [0.1, 0.15) is 40.0 Å². The molecule has 0 spiro atoms. The molecule has 0 saturated heterocycles. The van der Waals surface area contributed by atoms with E-state index in [2.05, 4.69) is 6.92 Å². The fourth-order valence-electron chi connectivity index (χ4n) is 2.03. The molecule has 0 unspecified atom stereocenters. The largest absolute Gasteiger partial charge is 0.399 e. The summed E-state index contributed by atoms with van der Waals surface area (Å²) in [6, 6.07) is 4.40. The molecule has 0 atom stereocenters. The van der Waals surface area contributed by atoms with Gasteiger partial charge in [-0.1, -0.05) is 31.4 Å². The molecule has 0 saturated carbocycles. The van der Waals surface area contributed by atoms with Crippen LogP contribution in [0.25, 0.3) is 0 Å². The molecule has 0 aromatic heterocycles. The van der Waals surface area contributed by atoms with Gasteiger partial charge in [0.05, 0.1) is 5.02 Å². The van der Waals surface area contributed by atoms with Crippen molar-refractivity contribution >= 4 is 27.3 Å². The minimum Gasteiger partial charge on any atom is -0.399 e. The van der Waals surface area contributed by atoms with Gasteiger partial charge < -0.3 is 5.73 Å². The third-order valence-corrected chi connectivity index (χ3v) is 5.66. The van der Waals surface area contributed by atoms with Gasteiger partial charge in [0.2, 0.25) is 10.0 Å². The first-order valence-corrected chi connectivity index (χ1v) is 8.69. The first-order chi connectivity index (χ1) is 9.30. The molecule has 0 heterocycles. The number of hydrogen-bond donors (Lipinski definition) is 1. The van der Waals surface area contributed by atoms with Gasteiger partial charge in [-0.3, -0.25) is 0 Å². The molecule has 0 bridgehead atoms. The Bertz CT molecular complexity index is 544. The predicted octanol–water partition coefficient (Wildman–Crippen LogP) is 3.51. The lowest BCUT2D eigenvalue weighted by atomic mass is 10.2. The lowest BCUT2D eigenvalue weighted by molar-refractivity contribution is 0.345. The van der Waals surface area contributed by atoms with Gasteiger partial charge in [0.15, 0.2) is 0 Å². The van der Waals surface area contributed by atoms with Gasteiger partial charge >= 0.3 is 0 Å². The Morgan fingerprint density at radius 3 is 2.45 bits per heavy atom. The maximum Gasteiger partial charge on any atom is 0.244 e. The van der Waals surface area contributed by atoms with Crippen molar-refractivity contribution in [2.24, 2.45) is 0 Å². The lowest BCUT2D eigenvalue weighted by Gasteiger charge is -2.26. The van der Waals surface area contributed by atoms with E-state index in [9.17, 15) is 8.42 Å². The van der Waals surface area contributed by atoms with E-state index < -0.39 is 10.0 Å². The molecule has 114 valence electrons. The fourth-order valence-corrected chi connectivity index (χ4v) is 4.23. The second-order valence-corrected chi connectivity index (χ2v) is 7.37. The Morgan fingerprint density at radius 2 is 1.95 bits per heavy atom. The second-order valence-electron chi connectivity index (χ2n) is 5.11. The summed E-state index contributed by atoms with van der Waals surface area (Å²) >= 11 is 6.04. The van der Waals surface area contributed by atoms with Crippen LogP contribution in [-0.2, 0) is 10.0 Å². The van der Waals surface area contributed by atoms with Gasteiger partial charge in [0, 0.05) is 18.3 Å². The van der Waals surface area contributed by atoms with Crippen molar-refractivity contribution in [1.29, 1.82) is 0 Å². The summed E-state index contributed by atoms with van der Waals surface area (Å²) in [6.07, 6.45) is 2.91. The normalized spacial score (nSPS) is 12.3. The number of rotatable bonds is 7. The zero-order valence-electron chi connectivity index (χ0n) is 12.3. The Morgan fingerprint density at radius 1 is 1.30 bits per heavy atom. The summed E-state index contributed by atoms with van der Waals surface area (Å²) < 4.78 is 26.9. The van der Waals surface area contributed by atoms with Crippen LogP contribution in [-0.4, -0.2) is 25.3 Å². The summed E-state index contributed by atoms with van der Waals surface area (Å²) in [7, 11) is -3.58. The smallest absolute Gasteiger partial charge is 0.244 e. The lowest BCUT2D eigenvalue weighted by Crippen LogP contribution is -2.37. The van der Waals surface area contributed by atoms with Gasteiger partial charge in [-0.25, -0.2) is 8.42 Å². The molecule has 0 aliphatic heterocycles. The van der Waals surface area contributed by atoms with Crippen molar-refractivity contribution in [3.63, 3.8) is 0 Å². The van der Waals surface area contributed by atoms with Crippen molar-refractivity contribution in [3.05, 3.63) is 23.2 Å². The number of sulfonamides is 1. The van der Waals surface area contributed by atoms with E-state index in [-0.39, 0.29) is 16.0 Å². The molecular weight excluding hydrogens is 296 g/mol. The average molecular weight is 319 g/mol. The molecule has 0 radical (unpaired) electrons. The maximum absolute atomic E-state index is 12.7. The first-order valence-electron chi connectivity index (χ1n) is 6.87. The molecule has 1 aromatic carbocycles. The van der Waals surface area contributed by atoms with Crippen LogP contribution in [0.15, 0.2) is 23.1 Å². The second kappa shape index (κ2) is 7.29. The van der Waals surface area contributed by atoms with Crippen LogP contribution < -0.4 is 5.73 Å². The molecule has 0 aliphatic rings.